The van der Waals surface area contributed by atoms with Gasteiger partial charge in [-0.1, -0.05) is 23.2 Å². The maximum atomic E-state index is 5.49. The smallest absolute Gasteiger partial charge is 0.103 e. The lowest BCUT2D eigenvalue weighted by atomic mass is 10.7. The van der Waals surface area contributed by atoms with Gasteiger partial charge in [-0.05, 0) is 6.08 Å². The minimum atomic E-state index is 0.0602. The maximum Gasteiger partial charge on any atom is 0.103 e. The average molecular weight is 176 g/mol. The summed E-state index contributed by atoms with van der Waals surface area (Å²) in [6, 6.07) is 0. The molecule has 0 amide bonds. The van der Waals surface area contributed by atoms with Crippen molar-refractivity contribution >= 4 is 45.0 Å². The third-order valence-corrected chi connectivity index (χ3v) is 1.07. The van der Waals surface area contributed by atoms with Gasteiger partial charge in [0.15, 0.2) is 0 Å². The van der Waals surface area contributed by atoms with Crippen molar-refractivity contribution in [3.63, 3.8) is 0 Å². The third-order valence-electron chi connectivity index (χ3n) is 0.356. The predicted octanol–water partition coefficient (Wildman–Crippen LogP) is 1.24. The van der Waals surface area contributed by atoms with Crippen LogP contribution < -0.4 is 0 Å². The van der Waals surface area contributed by atoms with Gasteiger partial charge in [0.1, 0.15) is 4.49 Å². The van der Waals surface area contributed by atoms with E-state index in [1.54, 1.807) is 6.08 Å². The first-order chi connectivity index (χ1) is 3.13. The van der Waals surface area contributed by atoms with Crippen LogP contribution in [0.3, 0.4) is 0 Å². The SMILES string of the molecule is [SiH3]C(Cl)C=C(Cl)Cl. The average Bonchev–Trinajstić information content (AvgIpc) is 1.27. The Morgan fingerprint density at radius 1 is 1.57 bits per heavy atom. The Hall–Kier alpha value is 0.827. The summed E-state index contributed by atoms with van der Waals surface area (Å²) in [6.45, 7) is 0. The fraction of sp³-hybridized carbons (Fsp3) is 0.333. The van der Waals surface area contributed by atoms with Crippen LogP contribution in [0.4, 0.5) is 0 Å². The number of hydrogen-bond acceptors (Lipinski definition) is 0. The highest BCUT2D eigenvalue weighted by molar-refractivity contribution is 6.56. The molecule has 1 atom stereocenters. The van der Waals surface area contributed by atoms with Gasteiger partial charge in [0.25, 0.3) is 0 Å². The van der Waals surface area contributed by atoms with Gasteiger partial charge >= 0.3 is 0 Å². The molecular formula is C3H5Cl3Si. The second-order valence-corrected chi connectivity index (χ2v) is 4.81. The second kappa shape index (κ2) is 3.78. The van der Waals surface area contributed by atoms with Gasteiger partial charge in [-0.3, -0.25) is 0 Å². The van der Waals surface area contributed by atoms with Crippen LogP contribution in [0.5, 0.6) is 0 Å². The Labute approximate surface area is 60.9 Å². The van der Waals surface area contributed by atoms with Gasteiger partial charge in [0.05, 0.1) is 0 Å². The molecule has 0 aromatic rings. The fourth-order valence-corrected chi connectivity index (χ4v) is 1.56. The van der Waals surface area contributed by atoms with E-state index in [4.69, 9.17) is 34.8 Å². The molecule has 42 valence electrons. The monoisotopic (exact) mass is 174 g/mol. The zero-order valence-corrected chi connectivity index (χ0v) is 8.06. The number of alkyl halides is 1. The molecule has 0 bridgehead atoms. The van der Waals surface area contributed by atoms with Crippen LogP contribution in [0.25, 0.3) is 0 Å². The van der Waals surface area contributed by atoms with Crippen LogP contribution in [-0.2, 0) is 0 Å². The number of halogens is 3. The van der Waals surface area contributed by atoms with Gasteiger partial charge < -0.3 is 0 Å². The molecule has 0 rings (SSSR count). The standard InChI is InChI=1S/C3H5Cl3Si/c4-2(5)1-3(6)7/h1,3H,7H3. The summed E-state index contributed by atoms with van der Waals surface area (Å²) in [6.07, 6.45) is 1.61. The van der Waals surface area contributed by atoms with E-state index in [0.29, 0.717) is 0 Å². The van der Waals surface area contributed by atoms with Gasteiger partial charge in [0.2, 0.25) is 0 Å². The number of allylic oxidation sites excluding steroid dienone is 1. The molecule has 0 heterocycles. The largest absolute Gasteiger partial charge is 0.123 e. The van der Waals surface area contributed by atoms with E-state index in [9.17, 15) is 0 Å². The van der Waals surface area contributed by atoms with Crippen molar-refractivity contribution < 1.29 is 0 Å². The summed E-state index contributed by atoms with van der Waals surface area (Å²) in [7, 11) is 0.887. The fourth-order valence-electron chi connectivity index (χ4n) is 0.174. The summed E-state index contributed by atoms with van der Waals surface area (Å²) < 4.78 is 0.259. The van der Waals surface area contributed by atoms with Crippen molar-refractivity contribution in [2.45, 2.75) is 5.00 Å². The maximum absolute atomic E-state index is 5.49. The van der Waals surface area contributed by atoms with Crippen LogP contribution >= 0.6 is 34.8 Å². The summed E-state index contributed by atoms with van der Waals surface area (Å²) >= 11 is 16.0. The minimum absolute atomic E-state index is 0.0602. The van der Waals surface area contributed by atoms with Crippen molar-refractivity contribution in [3.8, 4) is 0 Å². The molecule has 0 aliphatic heterocycles. The molecular weight excluding hydrogens is 170 g/mol. The highest BCUT2D eigenvalue weighted by Crippen LogP contribution is 2.08. The van der Waals surface area contributed by atoms with Crippen LogP contribution in [0.15, 0.2) is 10.6 Å². The van der Waals surface area contributed by atoms with Gasteiger partial charge in [0, 0.05) is 15.2 Å². The molecule has 0 aromatic heterocycles. The van der Waals surface area contributed by atoms with E-state index in [1.165, 1.54) is 0 Å². The minimum Gasteiger partial charge on any atom is -0.123 e. The molecule has 0 nitrogen and oxygen atoms in total. The molecule has 0 radical (unpaired) electrons. The Morgan fingerprint density at radius 3 is 2.00 bits per heavy atom. The van der Waals surface area contributed by atoms with E-state index < -0.39 is 0 Å². The lowest BCUT2D eigenvalue weighted by molar-refractivity contribution is 1.61. The zero-order valence-electron chi connectivity index (χ0n) is 3.79. The van der Waals surface area contributed by atoms with Crippen LogP contribution in [-0.4, -0.2) is 15.2 Å². The Bertz CT molecular complexity index is 74.2. The molecule has 0 aromatic carbocycles. The summed E-state index contributed by atoms with van der Waals surface area (Å²) in [5, 5.41) is 0.0602. The van der Waals surface area contributed by atoms with E-state index >= 15 is 0 Å². The quantitative estimate of drug-likeness (QED) is 0.416. The molecule has 0 saturated heterocycles. The van der Waals surface area contributed by atoms with Crippen molar-refractivity contribution in [3.05, 3.63) is 10.6 Å². The number of rotatable bonds is 1. The molecule has 0 N–H and O–H groups in total. The lowest BCUT2D eigenvalue weighted by Crippen LogP contribution is -1.88. The first kappa shape index (κ1) is 7.83. The molecule has 0 aliphatic carbocycles. The van der Waals surface area contributed by atoms with Crippen molar-refractivity contribution in [2.24, 2.45) is 0 Å². The van der Waals surface area contributed by atoms with Gasteiger partial charge in [-0.25, -0.2) is 0 Å². The molecule has 0 spiro atoms. The van der Waals surface area contributed by atoms with Gasteiger partial charge in [-0.2, -0.15) is 0 Å². The van der Waals surface area contributed by atoms with E-state index in [2.05, 4.69) is 0 Å². The van der Waals surface area contributed by atoms with Crippen LogP contribution in [0.2, 0.25) is 0 Å². The Balaban J connectivity index is 3.45. The third kappa shape index (κ3) is 6.83. The molecule has 1 unspecified atom stereocenters. The van der Waals surface area contributed by atoms with E-state index in [1.807, 2.05) is 0 Å². The summed E-state index contributed by atoms with van der Waals surface area (Å²) in [5.74, 6) is 0. The van der Waals surface area contributed by atoms with Crippen molar-refractivity contribution in [1.29, 1.82) is 0 Å². The summed E-state index contributed by atoms with van der Waals surface area (Å²) in [5.41, 5.74) is 0. The van der Waals surface area contributed by atoms with E-state index in [-0.39, 0.29) is 9.49 Å². The Kier molecular flexibility index (Phi) is 4.23. The lowest BCUT2D eigenvalue weighted by Gasteiger charge is -1.87. The van der Waals surface area contributed by atoms with Gasteiger partial charge in [-0.15, -0.1) is 11.6 Å². The first-order valence-corrected chi connectivity index (χ1v) is 4.14. The second-order valence-electron chi connectivity index (χ2n) is 1.13. The molecule has 0 saturated carbocycles. The first-order valence-electron chi connectivity index (χ1n) is 1.80. The van der Waals surface area contributed by atoms with Crippen molar-refractivity contribution in [2.75, 3.05) is 0 Å². The highest BCUT2D eigenvalue weighted by atomic mass is 35.5. The highest BCUT2D eigenvalue weighted by Gasteiger charge is 1.88. The zero-order chi connectivity index (χ0) is 5.86. The van der Waals surface area contributed by atoms with E-state index in [0.717, 1.165) is 10.2 Å². The molecule has 7 heavy (non-hydrogen) atoms. The molecule has 4 heteroatoms. The number of hydrogen-bond donors (Lipinski definition) is 0. The van der Waals surface area contributed by atoms with Crippen LogP contribution in [0.1, 0.15) is 0 Å². The molecule has 0 fully saturated rings. The normalized spacial score (nSPS) is 13.6. The topological polar surface area (TPSA) is 0 Å². The molecule has 0 aliphatic rings. The predicted molar refractivity (Wildman–Crippen MR) is 39.4 cm³/mol. The Morgan fingerprint density at radius 2 is 2.00 bits per heavy atom. The summed E-state index contributed by atoms with van der Waals surface area (Å²) in [4.78, 5) is 0. The van der Waals surface area contributed by atoms with Crippen LogP contribution in [0, 0.1) is 0 Å². The van der Waals surface area contributed by atoms with Crippen molar-refractivity contribution in [1.82, 2.24) is 0 Å².